The molecule has 0 aromatic heterocycles. The number of ether oxygens (including phenoxy) is 2. The number of morpholine rings is 1. The fourth-order valence-electron chi connectivity index (χ4n) is 3.17. The van der Waals surface area contributed by atoms with Gasteiger partial charge in [-0.15, -0.1) is 0 Å². The van der Waals surface area contributed by atoms with Crippen LogP contribution in [0.15, 0.2) is 24.3 Å². The Morgan fingerprint density at radius 1 is 1.22 bits per heavy atom. The summed E-state index contributed by atoms with van der Waals surface area (Å²) >= 11 is 0. The molecule has 4 rings (SSSR count). The number of para-hydroxylation sites is 1. The molecule has 3 heteroatoms. The number of rotatable bonds is 1. The normalized spacial score (nSPS) is 29.7. The van der Waals surface area contributed by atoms with Crippen LogP contribution in [-0.2, 0) is 11.2 Å². The zero-order valence-corrected chi connectivity index (χ0v) is 10.6. The van der Waals surface area contributed by atoms with E-state index in [9.17, 15) is 0 Å². The van der Waals surface area contributed by atoms with Crippen LogP contribution in [-0.4, -0.2) is 42.8 Å². The van der Waals surface area contributed by atoms with Crippen molar-refractivity contribution in [3.63, 3.8) is 0 Å². The van der Waals surface area contributed by atoms with Gasteiger partial charge in [0.25, 0.3) is 0 Å². The summed E-state index contributed by atoms with van der Waals surface area (Å²) in [5.41, 5.74) is 1.57. The highest BCUT2D eigenvalue weighted by Gasteiger charge is 2.48. The minimum Gasteiger partial charge on any atom is -0.492 e. The molecule has 0 N–H and O–H groups in total. The summed E-state index contributed by atoms with van der Waals surface area (Å²) in [6.45, 7) is 3.87. The van der Waals surface area contributed by atoms with Crippen molar-refractivity contribution < 1.29 is 9.47 Å². The maximum atomic E-state index is 5.90. The number of hydrogen-bond donors (Lipinski definition) is 0. The van der Waals surface area contributed by atoms with E-state index >= 15 is 0 Å². The van der Waals surface area contributed by atoms with Gasteiger partial charge < -0.3 is 9.47 Å². The van der Waals surface area contributed by atoms with Crippen LogP contribution in [0.25, 0.3) is 0 Å². The van der Waals surface area contributed by atoms with Crippen molar-refractivity contribution in [1.29, 1.82) is 0 Å². The Balaban J connectivity index is 1.50. The first-order valence-electron chi connectivity index (χ1n) is 6.93. The molecule has 0 unspecified atom stereocenters. The molecule has 0 bridgehead atoms. The molecule has 18 heavy (non-hydrogen) atoms. The smallest absolute Gasteiger partial charge is 0.122 e. The van der Waals surface area contributed by atoms with Crippen LogP contribution in [0.3, 0.4) is 0 Å². The summed E-state index contributed by atoms with van der Waals surface area (Å²) in [6.07, 6.45) is 3.60. The molecule has 1 atom stereocenters. The highest BCUT2D eigenvalue weighted by Crippen LogP contribution is 2.42. The van der Waals surface area contributed by atoms with Gasteiger partial charge in [0.2, 0.25) is 0 Å². The van der Waals surface area contributed by atoms with Gasteiger partial charge in [0.15, 0.2) is 0 Å². The standard InChI is InChI=1S/C15H19NO2/c1-2-4-14-12(3-1)9-13(10-17-14)16-7-8-18-15(11-16)5-6-15/h1-4,13H,5-11H2/t13-/m1/s1. The maximum Gasteiger partial charge on any atom is 0.122 e. The Labute approximate surface area is 108 Å². The van der Waals surface area contributed by atoms with Crippen LogP contribution in [0.5, 0.6) is 5.75 Å². The molecule has 1 aliphatic carbocycles. The van der Waals surface area contributed by atoms with Crippen LogP contribution in [0.1, 0.15) is 18.4 Å². The number of benzene rings is 1. The molecular formula is C15H19NO2. The largest absolute Gasteiger partial charge is 0.492 e. The number of hydrogen-bond acceptors (Lipinski definition) is 3. The molecule has 0 radical (unpaired) electrons. The van der Waals surface area contributed by atoms with Gasteiger partial charge in [-0.25, -0.2) is 0 Å². The zero-order valence-electron chi connectivity index (χ0n) is 10.6. The van der Waals surface area contributed by atoms with E-state index in [0.29, 0.717) is 6.04 Å². The van der Waals surface area contributed by atoms with E-state index in [1.54, 1.807) is 0 Å². The van der Waals surface area contributed by atoms with Crippen LogP contribution in [0, 0.1) is 0 Å². The summed E-state index contributed by atoms with van der Waals surface area (Å²) < 4.78 is 11.8. The van der Waals surface area contributed by atoms with E-state index in [1.165, 1.54) is 18.4 Å². The monoisotopic (exact) mass is 245 g/mol. The van der Waals surface area contributed by atoms with Gasteiger partial charge in [0, 0.05) is 19.1 Å². The lowest BCUT2D eigenvalue weighted by atomic mass is 10.0. The Morgan fingerprint density at radius 3 is 3.00 bits per heavy atom. The lowest BCUT2D eigenvalue weighted by Crippen LogP contribution is -2.52. The van der Waals surface area contributed by atoms with Gasteiger partial charge in [-0.3, -0.25) is 4.90 Å². The second kappa shape index (κ2) is 3.97. The fourth-order valence-corrected chi connectivity index (χ4v) is 3.17. The van der Waals surface area contributed by atoms with Crippen molar-refractivity contribution in [2.45, 2.75) is 30.9 Å². The summed E-state index contributed by atoms with van der Waals surface area (Å²) in [4.78, 5) is 2.58. The van der Waals surface area contributed by atoms with Crippen molar-refractivity contribution in [2.24, 2.45) is 0 Å². The Hall–Kier alpha value is -1.06. The van der Waals surface area contributed by atoms with Crippen LogP contribution >= 0.6 is 0 Å². The van der Waals surface area contributed by atoms with Gasteiger partial charge in [-0.2, -0.15) is 0 Å². The first-order valence-corrected chi connectivity index (χ1v) is 6.93. The van der Waals surface area contributed by atoms with E-state index in [1.807, 2.05) is 6.07 Å². The lowest BCUT2D eigenvalue weighted by Gasteiger charge is -2.40. The molecular weight excluding hydrogens is 226 g/mol. The minimum atomic E-state index is 0.217. The molecule has 1 aromatic rings. The van der Waals surface area contributed by atoms with E-state index < -0.39 is 0 Å². The second-order valence-corrected chi connectivity index (χ2v) is 5.78. The van der Waals surface area contributed by atoms with E-state index in [-0.39, 0.29) is 5.60 Å². The average molecular weight is 245 g/mol. The molecule has 2 aliphatic heterocycles. The Morgan fingerprint density at radius 2 is 2.11 bits per heavy atom. The molecule has 1 aromatic carbocycles. The van der Waals surface area contributed by atoms with E-state index in [4.69, 9.17) is 9.47 Å². The highest BCUT2D eigenvalue weighted by atomic mass is 16.5. The summed E-state index contributed by atoms with van der Waals surface area (Å²) in [5, 5.41) is 0. The molecule has 1 saturated heterocycles. The molecule has 3 nitrogen and oxygen atoms in total. The third-order valence-electron chi connectivity index (χ3n) is 4.46. The first-order chi connectivity index (χ1) is 8.85. The van der Waals surface area contributed by atoms with Gasteiger partial charge >= 0.3 is 0 Å². The summed E-state index contributed by atoms with van der Waals surface area (Å²) in [5.74, 6) is 1.07. The SMILES string of the molecule is c1ccc2c(c1)C[C@@H](N1CCOC3(CC3)C1)CO2. The predicted octanol–water partition coefficient (Wildman–Crippen LogP) is 1.85. The van der Waals surface area contributed by atoms with Crippen molar-refractivity contribution in [3.05, 3.63) is 29.8 Å². The minimum absolute atomic E-state index is 0.217. The quantitative estimate of drug-likeness (QED) is 0.754. The first kappa shape index (κ1) is 10.8. The molecule has 2 heterocycles. The number of fused-ring (bicyclic) bond motifs is 1. The zero-order chi connectivity index (χ0) is 12.0. The van der Waals surface area contributed by atoms with Crippen molar-refractivity contribution in [2.75, 3.05) is 26.3 Å². The molecule has 1 spiro atoms. The third-order valence-corrected chi connectivity index (χ3v) is 4.46. The van der Waals surface area contributed by atoms with Gasteiger partial charge in [0.05, 0.1) is 12.2 Å². The molecule has 0 amide bonds. The highest BCUT2D eigenvalue weighted by molar-refractivity contribution is 5.35. The van der Waals surface area contributed by atoms with Crippen LogP contribution < -0.4 is 4.74 Å². The fraction of sp³-hybridized carbons (Fsp3) is 0.600. The van der Waals surface area contributed by atoms with Gasteiger partial charge in [0.1, 0.15) is 12.4 Å². The Bertz CT molecular complexity index is 456. The summed E-state index contributed by atoms with van der Waals surface area (Å²) in [6, 6.07) is 8.95. The van der Waals surface area contributed by atoms with Crippen molar-refractivity contribution in [3.8, 4) is 5.75 Å². The van der Waals surface area contributed by atoms with E-state index in [0.717, 1.165) is 38.5 Å². The van der Waals surface area contributed by atoms with Gasteiger partial charge in [-0.1, -0.05) is 18.2 Å². The maximum absolute atomic E-state index is 5.90. The molecule has 2 fully saturated rings. The van der Waals surface area contributed by atoms with Crippen LogP contribution in [0.2, 0.25) is 0 Å². The number of nitrogens with zero attached hydrogens (tertiary/aromatic N) is 1. The van der Waals surface area contributed by atoms with Gasteiger partial charge in [-0.05, 0) is 30.9 Å². The summed E-state index contributed by atoms with van der Waals surface area (Å²) in [7, 11) is 0. The molecule has 3 aliphatic rings. The third kappa shape index (κ3) is 1.82. The second-order valence-electron chi connectivity index (χ2n) is 5.78. The topological polar surface area (TPSA) is 21.7 Å². The molecule has 1 saturated carbocycles. The predicted molar refractivity (Wildman–Crippen MR) is 68.9 cm³/mol. The van der Waals surface area contributed by atoms with Crippen molar-refractivity contribution in [1.82, 2.24) is 4.90 Å². The average Bonchev–Trinajstić information content (AvgIpc) is 3.17. The van der Waals surface area contributed by atoms with E-state index in [2.05, 4.69) is 23.1 Å². The molecule has 96 valence electrons. The Kier molecular flexibility index (Phi) is 2.39. The van der Waals surface area contributed by atoms with Crippen molar-refractivity contribution >= 4 is 0 Å². The lowest BCUT2D eigenvalue weighted by molar-refractivity contribution is -0.0664. The van der Waals surface area contributed by atoms with Crippen LogP contribution in [0.4, 0.5) is 0 Å².